The lowest BCUT2D eigenvalue weighted by Gasteiger charge is -2.22. The van der Waals surface area contributed by atoms with Crippen LogP contribution in [0.15, 0.2) is 42.5 Å². The van der Waals surface area contributed by atoms with Crippen LogP contribution in [-0.2, 0) is 11.3 Å². The summed E-state index contributed by atoms with van der Waals surface area (Å²) in [7, 11) is 3.13. The van der Waals surface area contributed by atoms with E-state index in [0.717, 1.165) is 18.4 Å². The molecular formula is C20H23FN2O3. The lowest BCUT2D eigenvalue weighted by molar-refractivity contribution is -0.117. The van der Waals surface area contributed by atoms with E-state index in [0.29, 0.717) is 29.8 Å². The Balaban J connectivity index is 1.66. The van der Waals surface area contributed by atoms with Crippen molar-refractivity contribution < 1.29 is 18.7 Å². The van der Waals surface area contributed by atoms with Crippen molar-refractivity contribution in [1.82, 2.24) is 4.90 Å². The van der Waals surface area contributed by atoms with Gasteiger partial charge in [0.25, 0.3) is 0 Å². The second kappa shape index (κ2) is 8.19. The first kappa shape index (κ1) is 18.2. The maximum Gasteiger partial charge on any atom is 0.238 e. The van der Waals surface area contributed by atoms with Crippen molar-refractivity contribution in [3.05, 3.63) is 53.8 Å². The first-order valence-electron chi connectivity index (χ1n) is 8.59. The third-order valence-corrected chi connectivity index (χ3v) is 4.39. The third kappa shape index (κ3) is 4.73. The van der Waals surface area contributed by atoms with Gasteiger partial charge in [0, 0.05) is 18.7 Å². The van der Waals surface area contributed by atoms with Crippen LogP contribution in [0.2, 0.25) is 0 Å². The molecule has 0 unspecified atom stereocenters. The molecule has 5 nitrogen and oxygen atoms in total. The van der Waals surface area contributed by atoms with E-state index in [2.05, 4.69) is 10.2 Å². The second-order valence-corrected chi connectivity index (χ2v) is 6.38. The molecule has 0 spiro atoms. The number of carbonyl (C=O) groups excluding carboxylic acids is 1. The molecular weight excluding hydrogens is 335 g/mol. The van der Waals surface area contributed by atoms with Gasteiger partial charge < -0.3 is 14.8 Å². The molecule has 1 aliphatic rings. The summed E-state index contributed by atoms with van der Waals surface area (Å²) in [5, 5.41) is 2.90. The van der Waals surface area contributed by atoms with Gasteiger partial charge in [0.15, 0.2) is 0 Å². The van der Waals surface area contributed by atoms with Gasteiger partial charge in [0.1, 0.15) is 17.3 Å². The van der Waals surface area contributed by atoms with Gasteiger partial charge in [-0.1, -0.05) is 12.1 Å². The van der Waals surface area contributed by atoms with Gasteiger partial charge in [-0.25, -0.2) is 4.39 Å². The summed E-state index contributed by atoms with van der Waals surface area (Å²) < 4.78 is 23.6. The highest BCUT2D eigenvalue weighted by Crippen LogP contribution is 2.30. The lowest BCUT2D eigenvalue weighted by atomic mass is 10.2. The van der Waals surface area contributed by atoms with Crippen LogP contribution in [0.5, 0.6) is 11.5 Å². The van der Waals surface area contributed by atoms with Gasteiger partial charge in [-0.3, -0.25) is 9.69 Å². The van der Waals surface area contributed by atoms with Crippen molar-refractivity contribution in [3.63, 3.8) is 0 Å². The molecule has 6 heteroatoms. The summed E-state index contributed by atoms with van der Waals surface area (Å²) >= 11 is 0. The number of methoxy groups -OCH3 is 2. The predicted octanol–water partition coefficient (Wildman–Crippen LogP) is 3.45. The van der Waals surface area contributed by atoms with E-state index in [1.165, 1.54) is 12.1 Å². The fourth-order valence-corrected chi connectivity index (χ4v) is 2.86. The lowest BCUT2D eigenvalue weighted by Crippen LogP contribution is -2.34. The standard InChI is InChI=1S/C20H23FN2O3/c1-25-17-9-10-19(26-2)18(11-17)22-20(24)13-23(16-7-8-16)12-14-3-5-15(21)6-4-14/h3-6,9-11,16H,7-8,12-13H2,1-2H3,(H,22,24). The predicted molar refractivity (Wildman–Crippen MR) is 98.0 cm³/mol. The Morgan fingerprint density at radius 1 is 1.15 bits per heavy atom. The fraction of sp³-hybridized carbons (Fsp3) is 0.350. The van der Waals surface area contributed by atoms with Crippen LogP contribution in [-0.4, -0.2) is 37.6 Å². The molecule has 0 radical (unpaired) electrons. The number of carbonyl (C=O) groups is 1. The van der Waals surface area contributed by atoms with Crippen LogP contribution < -0.4 is 14.8 Å². The molecule has 138 valence electrons. The highest BCUT2D eigenvalue weighted by atomic mass is 19.1. The van der Waals surface area contributed by atoms with E-state index >= 15 is 0 Å². The van der Waals surface area contributed by atoms with Crippen molar-refractivity contribution in [3.8, 4) is 11.5 Å². The zero-order valence-electron chi connectivity index (χ0n) is 15.0. The highest BCUT2D eigenvalue weighted by molar-refractivity contribution is 5.94. The van der Waals surface area contributed by atoms with E-state index in [4.69, 9.17) is 9.47 Å². The van der Waals surface area contributed by atoms with Gasteiger partial charge in [0.2, 0.25) is 5.91 Å². The average Bonchev–Trinajstić information content (AvgIpc) is 3.48. The Morgan fingerprint density at radius 3 is 2.50 bits per heavy atom. The van der Waals surface area contributed by atoms with Crippen molar-refractivity contribution in [2.75, 3.05) is 26.1 Å². The van der Waals surface area contributed by atoms with Crippen LogP contribution in [0.1, 0.15) is 18.4 Å². The maximum atomic E-state index is 13.1. The zero-order valence-corrected chi connectivity index (χ0v) is 15.0. The van der Waals surface area contributed by atoms with Crippen molar-refractivity contribution >= 4 is 11.6 Å². The number of benzene rings is 2. The molecule has 0 atom stereocenters. The topological polar surface area (TPSA) is 50.8 Å². The molecule has 0 aliphatic heterocycles. The Kier molecular flexibility index (Phi) is 5.73. The summed E-state index contributed by atoms with van der Waals surface area (Å²) in [6, 6.07) is 12.1. The van der Waals surface area contributed by atoms with Crippen molar-refractivity contribution in [2.24, 2.45) is 0 Å². The zero-order chi connectivity index (χ0) is 18.5. The molecule has 0 bridgehead atoms. The molecule has 0 aromatic heterocycles. The van der Waals surface area contributed by atoms with Crippen LogP contribution >= 0.6 is 0 Å². The fourth-order valence-electron chi connectivity index (χ4n) is 2.86. The number of hydrogen-bond acceptors (Lipinski definition) is 4. The smallest absolute Gasteiger partial charge is 0.238 e. The molecule has 1 saturated carbocycles. The van der Waals surface area contributed by atoms with E-state index < -0.39 is 0 Å². The van der Waals surface area contributed by atoms with Gasteiger partial charge >= 0.3 is 0 Å². The van der Waals surface area contributed by atoms with Crippen LogP contribution in [0.3, 0.4) is 0 Å². The SMILES string of the molecule is COc1ccc(OC)c(NC(=O)CN(Cc2ccc(F)cc2)C2CC2)c1. The monoisotopic (exact) mass is 358 g/mol. The number of rotatable bonds is 8. The van der Waals surface area contributed by atoms with Gasteiger partial charge in [0.05, 0.1) is 26.5 Å². The molecule has 2 aromatic rings. The van der Waals surface area contributed by atoms with Crippen LogP contribution in [0.25, 0.3) is 0 Å². The molecule has 26 heavy (non-hydrogen) atoms. The van der Waals surface area contributed by atoms with E-state index in [1.807, 2.05) is 0 Å². The number of ether oxygens (including phenoxy) is 2. The number of amides is 1. The highest BCUT2D eigenvalue weighted by Gasteiger charge is 2.30. The Morgan fingerprint density at radius 2 is 1.88 bits per heavy atom. The van der Waals surface area contributed by atoms with E-state index in [9.17, 15) is 9.18 Å². The van der Waals surface area contributed by atoms with Crippen molar-refractivity contribution in [1.29, 1.82) is 0 Å². The number of nitrogens with zero attached hydrogens (tertiary/aromatic N) is 1. The second-order valence-electron chi connectivity index (χ2n) is 6.38. The molecule has 0 heterocycles. The van der Waals surface area contributed by atoms with Crippen molar-refractivity contribution in [2.45, 2.75) is 25.4 Å². The maximum absolute atomic E-state index is 13.1. The Hall–Kier alpha value is -2.60. The molecule has 1 aliphatic carbocycles. The number of nitrogens with one attached hydrogen (secondary N) is 1. The first-order chi connectivity index (χ1) is 12.6. The third-order valence-electron chi connectivity index (χ3n) is 4.39. The Bertz CT molecular complexity index is 760. The molecule has 0 saturated heterocycles. The van der Waals surface area contributed by atoms with Gasteiger partial charge in [-0.2, -0.15) is 0 Å². The quantitative estimate of drug-likeness (QED) is 0.785. The average molecular weight is 358 g/mol. The number of hydrogen-bond donors (Lipinski definition) is 1. The number of anilines is 1. The largest absolute Gasteiger partial charge is 0.497 e. The summed E-state index contributed by atoms with van der Waals surface area (Å²) in [5.41, 5.74) is 1.57. The number of halogens is 1. The molecule has 1 fully saturated rings. The minimum Gasteiger partial charge on any atom is -0.497 e. The summed E-state index contributed by atoms with van der Waals surface area (Å²) in [4.78, 5) is 14.7. The molecule has 3 rings (SSSR count). The molecule has 1 amide bonds. The van der Waals surface area contributed by atoms with Gasteiger partial charge in [-0.05, 0) is 42.7 Å². The van der Waals surface area contributed by atoms with Crippen LogP contribution in [0.4, 0.5) is 10.1 Å². The van der Waals surface area contributed by atoms with E-state index in [1.54, 1.807) is 44.6 Å². The molecule has 2 aromatic carbocycles. The normalized spacial score (nSPS) is 13.5. The Labute approximate surface area is 152 Å². The minimum atomic E-state index is -0.255. The molecule has 1 N–H and O–H groups in total. The van der Waals surface area contributed by atoms with Crippen LogP contribution in [0, 0.1) is 5.82 Å². The summed E-state index contributed by atoms with van der Waals surface area (Å²) in [6.07, 6.45) is 2.16. The van der Waals surface area contributed by atoms with E-state index in [-0.39, 0.29) is 18.3 Å². The summed E-state index contributed by atoms with van der Waals surface area (Å²) in [5.74, 6) is 0.849. The van der Waals surface area contributed by atoms with Gasteiger partial charge in [-0.15, -0.1) is 0 Å². The minimum absolute atomic E-state index is 0.120. The first-order valence-corrected chi connectivity index (χ1v) is 8.59. The summed E-state index contributed by atoms with van der Waals surface area (Å²) in [6.45, 7) is 0.885.